The minimum atomic E-state index is 0.0413. The van der Waals surface area contributed by atoms with Gasteiger partial charge in [-0.05, 0) is 6.07 Å². The molecule has 72 valence electrons. The number of amides is 1. The average Bonchev–Trinajstić information content (AvgIpc) is 2.45. The largest absolute Gasteiger partial charge is 0.308 e. The zero-order chi connectivity index (χ0) is 10.1. The third kappa shape index (κ3) is 1.24. The summed E-state index contributed by atoms with van der Waals surface area (Å²) in [6.07, 6.45) is 0. The van der Waals surface area contributed by atoms with Gasteiger partial charge in [-0.3, -0.25) is 4.79 Å². The maximum absolute atomic E-state index is 11.8. The van der Waals surface area contributed by atoms with E-state index in [1.807, 2.05) is 24.3 Å². The number of fused-ring (bicyclic) bond motifs is 1. The highest BCUT2D eigenvalue weighted by atomic mass is 32.1. The van der Waals surface area contributed by atoms with E-state index in [0.717, 1.165) is 16.8 Å². The van der Waals surface area contributed by atoms with E-state index in [-0.39, 0.29) is 5.91 Å². The molecule has 0 atom stereocenters. The maximum Gasteiger partial charge on any atom is 0.258 e. The fraction of sp³-hybridized carbons (Fsp3) is 0.182. The Hall–Kier alpha value is -1.22. The summed E-state index contributed by atoms with van der Waals surface area (Å²) in [6, 6.07) is 7.55. The van der Waals surface area contributed by atoms with Crippen LogP contribution in [0.1, 0.15) is 15.9 Å². The first-order valence-electron chi connectivity index (χ1n) is 4.46. The lowest BCUT2D eigenvalue weighted by Gasteiger charge is -2.15. The third-order valence-electron chi connectivity index (χ3n) is 2.36. The summed E-state index contributed by atoms with van der Waals surface area (Å²) in [4.78, 5) is 13.5. The number of rotatable bonds is 2. The molecule has 0 unspecified atom stereocenters. The van der Waals surface area contributed by atoms with Gasteiger partial charge >= 0.3 is 0 Å². The molecule has 0 aliphatic carbocycles. The smallest absolute Gasteiger partial charge is 0.258 e. The molecule has 1 aliphatic heterocycles. The summed E-state index contributed by atoms with van der Waals surface area (Å²) in [5.74, 6) is 0.693. The van der Waals surface area contributed by atoms with Crippen LogP contribution in [0.25, 0.3) is 5.70 Å². The summed E-state index contributed by atoms with van der Waals surface area (Å²) >= 11 is 4.12. The molecule has 2 rings (SSSR count). The van der Waals surface area contributed by atoms with E-state index in [4.69, 9.17) is 0 Å². The topological polar surface area (TPSA) is 20.3 Å². The number of hydrogen-bond acceptors (Lipinski definition) is 2. The highest BCUT2D eigenvalue weighted by molar-refractivity contribution is 7.80. The van der Waals surface area contributed by atoms with Crippen LogP contribution in [0.5, 0.6) is 0 Å². The van der Waals surface area contributed by atoms with E-state index in [0.29, 0.717) is 12.3 Å². The van der Waals surface area contributed by atoms with Gasteiger partial charge in [0.15, 0.2) is 0 Å². The molecule has 3 heteroatoms. The predicted octanol–water partition coefficient (Wildman–Crippen LogP) is 2.04. The van der Waals surface area contributed by atoms with Crippen molar-refractivity contribution in [3.8, 4) is 0 Å². The molecule has 0 N–H and O–H groups in total. The second kappa shape index (κ2) is 3.50. The van der Waals surface area contributed by atoms with Gasteiger partial charge in [0.2, 0.25) is 0 Å². The van der Waals surface area contributed by atoms with Crippen molar-refractivity contribution in [1.82, 2.24) is 4.90 Å². The van der Waals surface area contributed by atoms with Crippen molar-refractivity contribution in [2.75, 3.05) is 12.3 Å². The van der Waals surface area contributed by atoms with Gasteiger partial charge in [0.25, 0.3) is 5.91 Å². The summed E-state index contributed by atoms with van der Waals surface area (Å²) in [6.45, 7) is 4.54. The number of nitrogens with zero attached hydrogens (tertiary/aromatic N) is 1. The Kier molecular flexibility index (Phi) is 2.33. The minimum absolute atomic E-state index is 0.0413. The first kappa shape index (κ1) is 9.34. The molecule has 1 aromatic carbocycles. The molecule has 0 bridgehead atoms. The molecule has 0 fully saturated rings. The van der Waals surface area contributed by atoms with Crippen molar-refractivity contribution in [2.45, 2.75) is 0 Å². The van der Waals surface area contributed by atoms with Crippen LogP contribution in [0, 0.1) is 0 Å². The minimum Gasteiger partial charge on any atom is -0.308 e. The van der Waals surface area contributed by atoms with Crippen LogP contribution < -0.4 is 0 Å². The monoisotopic (exact) mass is 205 g/mol. The molecule has 14 heavy (non-hydrogen) atoms. The summed E-state index contributed by atoms with van der Waals surface area (Å²) < 4.78 is 0. The number of carbonyl (C=O) groups is 1. The third-order valence-corrected chi connectivity index (χ3v) is 2.56. The lowest BCUT2D eigenvalue weighted by molar-refractivity contribution is 0.0857. The number of hydrogen-bond donors (Lipinski definition) is 1. The highest BCUT2D eigenvalue weighted by Crippen LogP contribution is 2.30. The zero-order valence-electron chi connectivity index (χ0n) is 7.73. The average molecular weight is 205 g/mol. The maximum atomic E-state index is 11.8. The molecule has 1 aromatic rings. The summed E-state index contributed by atoms with van der Waals surface area (Å²) in [5, 5.41) is 0. The van der Waals surface area contributed by atoms with Crippen molar-refractivity contribution in [2.24, 2.45) is 0 Å². The van der Waals surface area contributed by atoms with Crippen LogP contribution in [-0.2, 0) is 0 Å². The van der Waals surface area contributed by atoms with Crippen LogP contribution >= 0.6 is 12.6 Å². The molecule has 0 spiro atoms. The molecule has 1 aliphatic rings. The van der Waals surface area contributed by atoms with Gasteiger partial charge in [-0.15, -0.1) is 0 Å². The van der Waals surface area contributed by atoms with Crippen LogP contribution in [0.15, 0.2) is 30.8 Å². The Labute approximate surface area is 88.6 Å². The van der Waals surface area contributed by atoms with Gasteiger partial charge in [0.05, 0.1) is 0 Å². The highest BCUT2D eigenvalue weighted by Gasteiger charge is 2.29. The molecule has 0 radical (unpaired) electrons. The van der Waals surface area contributed by atoms with Crippen LogP contribution in [-0.4, -0.2) is 23.1 Å². The fourth-order valence-electron chi connectivity index (χ4n) is 1.67. The standard InChI is InChI=1S/C11H11NOS/c1-8-9-4-2-3-5-10(9)11(13)12(8)6-7-14/h2-5,14H,1,6-7H2. The number of carbonyl (C=O) groups excluding carboxylic acids is 1. The first-order chi connectivity index (χ1) is 6.75. The van der Waals surface area contributed by atoms with E-state index in [1.165, 1.54) is 0 Å². The van der Waals surface area contributed by atoms with Gasteiger partial charge in [-0.2, -0.15) is 12.6 Å². The second-order valence-electron chi connectivity index (χ2n) is 3.17. The van der Waals surface area contributed by atoms with E-state index in [1.54, 1.807) is 4.90 Å². The van der Waals surface area contributed by atoms with E-state index in [9.17, 15) is 4.79 Å². The Morgan fingerprint density at radius 3 is 2.50 bits per heavy atom. The molecule has 0 aromatic heterocycles. The first-order valence-corrected chi connectivity index (χ1v) is 5.10. The van der Waals surface area contributed by atoms with Gasteiger partial charge < -0.3 is 4.90 Å². The Morgan fingerprint density at radius 2 is 1.93 bits per heavy atom. The van der Waals surface area contributed by atoms with Crippen LogP contribution in [0.2, 0.25) is 0 Å². The SMILES string of the molecule is C=C1c2ccccc2C(=O)N1CCS. The number of benzene rings is 1. The lowest BCUT2D eigenvalue weighted by atomic mass is 10.1. The van der Waals surface area contributed by atoms with Crippen molar-refractivity contribution in [1.29, 1.82) is 0 Å². The Morgan fingerprint density at radius 1 is 1.29 bits per heavy atom. The van der Waals surface area contributed by atoms with Gasteiger partial charge in [0, 0.05) is 29.1 Å². The van der Waals surface area contributed by atoms with Gasteiger partial charge in [0.1, 0.15) is 0 Å². The summed E-state index contributed by atoms with van der Waals surface area (Å²) in [7, 11) is 0. The van der Waals surface area contributed by atoms with Crippen molar-refractivity contribution >= 4 is 24.2 Å². The van der Waals surface area contributed by atoms with Gasteiger partial charge in [-0.1, -0.05) is 24.8 Å². The van der Waals surface area contributed by atoms with E-state index in [2.05, 4.69) is 19.2 Å². The molecule has 0 saturated carbocycles. The zero-order valence-corrected chi connectivity index (χ0v) is 8.63. The molecule has 0 saturated heterocycles. The van der Waals surface area contributed by atoms with Crippen molar-refractivity contribution < 1.29 is 4.79 Å². The molecule has 2 nitrogen and oxygen atoms in total. The quantitative estimate of drug-likeness (QED) is 0.733. The van der Waals surface area contributed by atoms with E-state index >= 15 is 0 Å². The second-order valence-corrected chi connectivity index (χ2v) is 3.62. The van der Waals surface area contributed by atoms with Crippen LogP contribution in [0.4, 0.5) is 0 Å². The van der Waals surface area contributed by atoms with E-state index < -0.39 is 0 Å². The molecular weight excluding hydrogens is 194 g/mol. The van der Waals surface area contributed by atoms with Crippen molar-refractivity contribution in [3.05, 3.63) is 42.0 Å². The lowest BCUT2D eigenvalue weighted by Crippen LogP contribution is -2.24. The van der Waals surface area contributed by atoms with Crippen LogP contribution in [0.3, 0.4) is 0 Å². The van der Waals surface area contributed by atoms with Crippen molar-refractivity contribution in [3.63, 3.8) is 0 Å². The number of thiol groups is 1. The molecule has 1 heterocycles. The normalized spacial score (nSPS) is 14.8. The Balaban J connectivity index is 2.43. The molecule has 1 amide bonds. The van der Waals surface area contributed by atoms with Gasteiger partial charge in [-0.25, -0.2) is 0 Å². The predicted molar refractivity (Wildman–Crippen MR) is 60.4 cm³/mol. The molecular formula is C11H11NOS. The Bertz CT molecular complexity index is 365. The fourth-order valence-corrected chi connectivity index (χ4v) is 1.87. The summed E-state index contributed by atoms with van der Waals surface area (Å²) in [5.41, 5.74) is 2.48.